The van der Waals surface area contributed by atoms with Crippen molar-refractivity contribution in [1.82, 2.24) is 25.5 Å². The maximum atomic E-state index is 13.1. The monoisotopic (exact) mass is 389 g/mol. The first kappa shape index (κ1) is 19.6. The van der Waals surface area contributed by atoms with Crippen LogP contribution in [0.2, 0.25) is 0 Å². The minimum absolute atomic E-state index is 0.212. The largest absolute Gasteiger partial charge is 0.357 e. The molecule has 7 nitrogen and oxygen atoms in total. The second-order valence-electron chi connectivity index (χ2n) is 7.91. The Morgan fingerprint density at radius 3 is 2.67 bits per heavy atom. The third kappa shape index (κ3) is 3.77. The minimum atomic E-state index is -0.643. The fourth-order valence-corrected chi connectivity index (χ4v) is 4.13. The highest BCUT2D eigenvalue weighted by molar-refractivity contribution is 7.08. The fourth-order valence-electron chi connectivity index (χ4n) is 3.30. The third-order valence-corrected chi connectivity index (χ3v) is 5.70. The SMILES string of the molecule is CNC(=O)C(NC(=O)c1nc(-c2cscc2C)n2c1CNCC2)C(C)(C)C. The van der Waals surface area contributed by atoms with E-state index in [1.54, 1.807) is 18.4 Å². The third-order valence-electron chi connectivity index (χ3n) is 4.84. The van der Waals surface area contributed by atoms with Crippen LogP contribution in [0.25, 0.3) is 11.4 Å². The number of hydrogen-bond acceptors (Lipinski definition) is 5. The summed E-state index contributed by atoms with van der Waals surface area (Å²) in [6, 6.07) is -0.643. The molecule has 0 bridgehead atoms. The molecule has 27 heavy (non-hydrogen) atoms. The zero-order valence-electron chi connectivity index (χ0n) is 16.5. The number of nitrogens with one attached hydrogen (secondary N) is 3. The van der Waals surface area contributed by atoms with Gasteiger partial charge >= 0.3 is 0 Å². The van der Waals surface area contributed by atoms with Crippen LogP contribution in [0, 0.1) is 12.3 Å². The molecule has 1 aliphatic rings. The number of rotatable bonds is 4. The average molecular weight is 390 g/mol. The van der Waals surface area contributed by atoms with E-state index in [0.29, 0.717) is 12.2 Å². The molecule has 3 N–H and O–H groups in total. The van der Waals surface area contributed by atoms with Crippen molar-refractivity contribution in [3.63, 3.8) is 0 Å². The molecule has 0 spiro atoms. The number of carbonyl (C=O) groups is 2. The highest BCUT2D eigenvalue weighted by Gasteiger charge is 2.34. The van der Waals surface area contributed by atoms with Gasteiger partial charge in [-0.3, -0.25) is 9.59 Å². The summed E-state index contributed by atoms with van der Waals surface area (Å²) in [5.74, 6) is 0.295. The molecule has 3 rings (SSSR count). The van der Waals surface area contributed by atoms with Crippen molar-refractivity contribution in [1.29, 1.82) is 0 Å². The molecule has 1 unspecified atom stereocenters. The molecule has 0 saturated carbocycles. The first-order valence-corrected chi connectivity index (χ1v) is 10.0. The zero-order valence-corrected chi connectivity index (χ0v) is 17.3. The predicted octanol–water partition coefficient (Wildman–Crippen LogP) is 1.91. The Balaban J connectivity index is 1.99. The van der Waals surface area contributed by atoms with E-state index in [1.807, 2.05) is 20.8 Å². The van der Waals surface area contributed by atoms with Gasteiger partial charge in [-0.2, -0.15) is 11.3 Å². The molecule has 0 aromatic carbocycles. The normalized spacial score (nSPS) is 15.1. The zero-order chi connectivity index (χ0) is 19.8. The summed E-state index contributed by atoms with van der Waals surface area (Å²) in [7, 11) is 1.58. The van der Waals surface area contributed by atoms with Crippen molar-refractivity contribution in [2.75, 3.05) is 13.6 Å². The molecule has 8 heteroatoms. The maximum Gasteiger partial charge on any atom is 0.272 e. The van der Waals surface area contributed by atoms with Crippen molar-refractivity contribution < 1.29 is 9.59 Å². The van der Waals surface area contributed by atoms with Crippen LogP contribution >= 0.6 is 11.3 Å². The van der Waals surface area contributed by atoms with Gasteiger partial charge in [0, 0.05) is 37.6 Å². The van der Waals surface area contributed by atoms with Gasteiger partial charge < -0.3 is 20.5 Å². The van der Waals surface area contributed by atoms with E-state index in [0.717, 1.165) is 35.7 Å². The maximum absolute atomic E-state index is 13.1. The Bertz CT molecular complexity index is 862. The van der Waals surface area contributed by atoms with Crippen LogP contribution in [-0.4, -0.2) is 41.0 Å². The molecule has 3 heterocycles. The molecule has 146 valence electrons. The smallest absolute Gasteiger partial charge is 0.272 e. The number of carbonyl (C=O) groups excluding carboxylic acids is 2. The Kier molecular flexibility index (Phi) is 5.39. The molecule has 2 aromatic heterocycles. The Morgan fingerprint density at radius 1 is 1.33 bits per heavy atom. The first-order chi connectivity index (χ1) is 12.7. The van der Waals surface area contributed by atoms with Crippen molar-refractivity contribution in [2.45, 2.75) is 46.8 Å². The molecular weight excluding hydrogens is 362 g/mol. The van der Waals surface area contributed by atoms with E-state index in [1.165, 1.54) is 0 Å². The van der Waals surface area contributed by atoms with Crippen LogP contribution in [0.4, 0.5) is 0 Å². The van der Waals surface area contributed by atoms with Gasteiger partial charge in [-0.05, 0) is 23.3 Å². The summed E-state index contributed by atoms with van der Waals surface area (Å²) in [4.78, 5) is 30.1. The fraction of sp³-hybridized carbons (Fsp3) is 0.526. The number of fused-ring (bicyclic) bond motifs is 1. The number of imidazole rings is 1. The lowest BCUT2D eigenvalue weighted by Crippen LogP contribution is -2.53. The van der Waals surface area contributed by atoms with Gasteiger partial charge in [-0.1, -0.05) is 20.8 Å². The van der Waals surface area contributed by atoms with Crippen LogP contribution in [-0.2, 0) is 17.9 Å². The molecule has 0 radical (unpaired) electrons. The van der Waals surface area contributed by atoms with Gasteiger partial charge in [0.2, 0.25) is 5.91 Å². The van der Waals surface area contributed by atoms with Gasteiger partial charge in [-0.25, -0.2) is 4.98 Å². The Morgan fingerprint density at radius 2 is 2.07 bits per heavy atom. The van der Waals surface area contributed by atoms with E-state index >= 15 is 0 Å². The van der Waals surface area contributed by atoms with E-state index in [2.05, 4.69) is 38.2 Å². The summed E-state index contributed by atoms with van der Waals surface area (Å²) in [6.45, 7) is 10.0. The standard InChI is InChI=1S/C19H27N5O2S/c1-11-9-27-10-12(11)16-22-14(13-8-21-6-7-24(13)16)17(25)23-15(18(26)20-5)19(2,3)4/h9-10,15,21H,6-8H2,1-5H3,(H,20,26)(H,23,25). The van der Waals surface area contributed by atoms with E-state index in [9.17, 15) is 9.59 Å². The highest BCUT2D eigenvalue weighted by Crippen LogP contribution is 2.29. The van der Waals surface area contributed by atoms with Gasteiger partial charge in [-0.15, -0.1) is 0 Å². The lowest BCUT2D eigenvalue weighted by molar-refractivity contribution is -0.124. The van der Waals surface area contributed by atoms with Crippen LogP contribution in [0.5, 0.6) is 0 Å². The van der Waals surface area contributed by atoms with Gasteiger partial charge in [0.15, 0.2) is 5.69 Å². The van der Waals surface area contributed by atoms with Crippen molar-refractivity contribution in [3.05, 3.63) is 27.7 Å². The van der Waals surface area contributed by atoms with Crippen LogP contribution in [0.1, 0.15) is 42.5 Å². The summed E-state index contributed by atoms with van der Waals surface area (Å²) in [5, 5.41) is 13.0. The van der Waals surface area contributed by atoms with Crippen LogP contribution < -0.4 is 16.0 Å². The number of likely N-dealkylation sites (N-methyl/N-ethyl adjacent to an activating group) is 1. The summed E-state index contributed by atoms with van der Waals surface area (Å²) in [6.07, 6.45) is 0. The first-order valence-electron chi connectivity index (χ1n) is 9.09. The van der Waals surface area contributed by atoms with E-state index < -0.39 is 11.5 Å². The molecule has 0 saturated heterocycles. The van der Waals surface area contributed by atoms with Gasteiger partial charge in [0.05, 0.1) is 5.69 Å². The molecule has 1 aliphatic heterocycles. The average Bonchev–Trinajstić information content (AvgIpc) is 3.21. The Hall–Kier alpha value is -2.19. The number of amides is 2. The minimum Gasteiger partial charge on any atom is -0.357 e. The number of nitrogens with zero attached hydrogens (tertiary/aromatic N) is 2. The van der Waals surface area contributed by atoms with E-state index in [-0.39, 0.29) is 11.8 Å². The second kappa shape index (κ2) is 7.44. The van der Waals surface area contributed by atoms with Crippen molar-refractivity contribution >= 4 is 23.2 Å². The lowest BCUT2D eigenvalue weighted by atomic mass is 9.86. The molecule has 2 amide bonds. The number of aryl methyl sites for hydroxylation is 1. The number of thiophene rings is 1. The molecule has 2 aromatic rings. The van der Waals surface area contributed by atoms with Crippen molar-refractivity contribution in [2.24, 2.45) is 5.41 Å². The van der Waals surface area contributed by atoms with Crippen LogP contribution in [0.15, 0.2) is 10.8 Å². The van der Waals surface area contributed by atoms with Gasteiger partial charge in [0.25, 0.3) is 5.91 Å². The quantitative estimate of drug-likeness (QED) is 0.745. The highest BCUT2D eigenvalue weighted by atomic mass is 32.1. The summed E-state index contributed by atoms with van der Waals surface area (Å²) >= 11 is 1.63. The van der Waals surface area contributed by atoms with Gasteiger partial charge in [0.1, 0.15) is 11.9 Å². The lowest BCUT2D eigenvalue weighted by Gasteiger charge is -2.29. The summed E-state index contributed by atoms with van der Waals surface area (Å²) in [5.41, 5.74) is 3.04. The van der Waals surface area contributed by atoms with E-state index in [4.69, 9.17) is 4.98 Å². The summed E-state index contributed by atoms with van der Waals surface area (Å²) < 4.78 is 2.12. The number of aromatic nitrogens is 2. The molecule has 1 atom stereocenters. The van der Waals surface area contributed by atoms with Crippen molar-refractivity contribution in [3.8, 4) is 11.4 Å². The van der Waals surface area contributed by atoms with Crippen LogP contribution in [0.3, 0.4) is 0 Å². The number of hydrogen-bond donors (Lipinski definition) is 3. The molecular formula is C19H27N5O2S. The molecule has 0 aliphatic carbocycles. The Labute approximate surface area is 163 Å². The second-order valence-corrected chi connectivity index (χ2v) is 8.66. The molecule has 0 fully saturated rings. The topological polar surface area (TPSA) is 88.1 Å². The predicted molar refractivity (Wildman–Crippen MR) is 107 cm³/mol.